The fraction of sp³-hybridized carbons (Fsp3) is 0.0625. The minimum atomic E-state index is 0.468. The number of nitrogens with zero attached hydrogens (tertiary/aromatic N) is 1. The molecule has 0 aliphatic heterocycles. The van der Waals surface area contributed by atoms with Crippen LogP contribution >= 0.6 is 0 Å². The van der Waals surface area contributed by atoms with Crippen molar-refractivity contribution in [2.45, 2.75) is 6.54 Å². The first-order chi connectivity index (χ1) is 9.38. The van der Waals surface area contributed by atoms with Gasteiger partial charge < -0.3 is 10.7 Å². The summed E-state index contributed by atoms with van der Waals surface area (Å²) in [5.74, 6) is 0. The number of aromatic amines is 1. The molecule has 2 aromatic carbocycles. The van der Waals surface area contributed by atoms with Crippen LogP contribution in [0.25, 0.3) is 22.4 Å². The fourth-order valence-corrected chi connectivity index (χ4v) is 2.18. The number of nitrogens with one attached hydrogen (secondary N) is 1. The number of rotatable bonds is 3. The molecular weight excluding hydrogens is 234 g/mol. The molecule has 1 heterocycles. The van der Waals surface area contributed by atoms with E-state index in [4.69, 9.17) is 5.73 Å². The second-order valence-corrected chi connectivity index (χ2v) is 4.38. The lowest BCUT2D eigenvalue weighted by atomic mass is 10.0. The van der Waals surface area contributed by atoms with E-state index in [0.29, 0.717) is 6.54 Å². The summed E-state index contributed by atoms with van der Waals surface area (Å²) in [6, 6.07) is 18.7. The van der Waals surface area contributed by atoms with Crippen molar-refractivity contribution < 1.29 is 0 Å². The van der Waals surface area contributed by atoms with Gasteiger partial charge in [-0.05, 0) is 11.1 Å². The second-order valence-electron chi connectivity index (χ2n) is 4.38. The largest absolute Gasteiger partial charge is 0.347 e. The highest BCUT2D eigenvalue weighted by Crippen LogP contribution is 2.25. The molecule has 0 aliphatic carbocycles. The Morgan fingerprint density at radius 1 is 0.842 bits per heavy atom. The summed E-state index contributed by atoms with van der Waals surface area (Å²) in [5.41, 5.74) is 11.1. The molecule has 1 aromatic heterocycles. The lowest BCUT2D eigenvalue weighted by Gasteiger charge is -2.04. The quantitative estimate of drug-likeness (QED) is 0.749. The number of H-pyrrole nitrogens is 1. The molecule has 3 rings (SSSR count). The molecule has 94 valence electrons. The van der Waals surface area contributed by atoms with E-state index in [1.54, 1.807) is 6.33 Å². The zero-order valence-electron chi connectivity index (χ0n) is 10.5. The van der Waals surface area contributed by atoms with Gasteiger partial charge in [0.05, 0.1) is 17.7 Å². The molecule has 3 nitrogen and oxygen atoms in total. The van der Waals surface area contributed by atoms with Crippen molar-refractivity contribution in [1.82, 2.24) is 9.97 Å². The molecule has 19 heavy (non-hydrogen) atoms. The van der Waals surface area contributed by atoms with Gasteiger partial charge in [-0.15, -0.1) is 0 Å². The van der Waals surface area contributed by atoms with Crippen LogP contribution in [0.15, 0.2) is 60.9 Å². The van der Waals surface area contributed by atoms with Crippen molar-refractivity contribution in [1.29, 1.82) is 0 Å². The van der Waals surface area contributed by atoms with Gasteiger partial charge in [0.15, 0.2) is 0 Å². The molecule has 0 bridgehead atoms. The normalized spacial score (nSPS) is 10.6. The predicted molar refractivity (Wildman–Crippen MR) is 77.4 cm³/mol. The smallest absolute Gasteiger partial charge is 0.0929 e. The molecule has 0 saturated heterocycles. The van der Waals surface area contributed by atoms with Gasteiger partial charge in [0.2, 0.25) is 0 Å². The summed E-state index contributed by atoms with van der Waals surface area (Å²) < 4.78 is 0. The number of imidazole rings is 1. The van der Waals surface area contributed by atoms with Crippen molar-refractivity contribution >= 4 is 0 Å². The molecule has 0 saturated carbocycles. The van der Waals surface area contributed by atoms with Crippen LogP contribution in [-0.4, -0.2) is 9.97 Å². The minimum Gasteiger partial charge on any atom is -0.347 e. The Labute approximate surface area is 112 Å². The Morgan fingerprint density at radius 2 is 1.47 bits per heavy atom. The van der Waals surface area contributed by atoms with E-state index in [1.165, 1.54) is 11.1 Å². The van der Waals surface area contributed by atoms with Crippen LogP contribution in [0.1, 0.15) is 5.69 Å². The second kappa shape index (κ2) is 5.08. The summed E-state index contributed by atoms with van der Waals surface area (Å²) in [6.07, 6.45) is 1.68. The van der Waals surface area contributed by atoms with Crippen molar-refractivity contribution in [3.8, 4) is 22.4 Å². The topological polar surface area (TPSA) is 54.7 Å². The number of hydrogen-bond acceptors (Lipinski definition) is 2. The molecule has 0 amide bonds. The van der Waals surface area contributed by atoms with E-state index in [9.17, 15) is 0 Å². The van der Waals surface area contributed by atoms with Crippen LogP contribution in [0.4, 0.5) is 0 Å². The number of hydrogen-bond donors (Lipinski definition) is 2. The third-order valence-electron chi connectivity index (χ3n) is 3.19. The van der Waals surface area contributed by atoms with Gasteiger partial charge in [-0.2, -0.15) is 0 Å². The molecule has 3 aromatic rings. The summed E-state index contributed by atoms with van der Waals surface area (Å²) in [5, 5.41) is 0. The molecule has 0 atom stereocenters. The standard InChI is InChI=1S/C16H15N3/c17-10-15-16(19-11-18-15)14-8-6-13(7-9-14)12-4-2-1-3-5-12/h1-9,11H,10,17H2,(H,18,19). The van der Waals surface area contributed by atoms with Crippen LogP contribution < -0.4 is 5.73 Å². The Balaban J connectivity index is 1.96. The SMILES string of the molecule is NCc1[nH]cnc1-c1ccc(-c2ccccc2)cc1. The van der Waals surface area contributed by atoms with Crippen LogP contribution in [0.5, 0.6) is 0 Å². The van der Waals surface area contributed by atoms with E-state index in [2.05, 4.69) is 46.4 Å². The third-order valence-corrected chi connectivity index (χ3v) is 3.19. The minimum absolute atomic E-state index is 0.468. The molecule has 3 N–H and O–H groups in total. The monoisotopic (exact) mass is 249 g/mol. The van der Waals surface area contributed by atoms with E-state index < -0.39 is 0 Å². The summed E-state index contributed by atoms with van der Waals surface area (Å²) in [7, 11) is 0. The first-order valence-corrected chi connectivity index (χ1v) is 6.26. The summed E-state index contributed by atoms with van der Waals surface area (Å²) >= 11 is 0. The van der Waals surface area contributed by atoms with Gasteiger partial charge >= 0.3 is 0 Å². The number of benzene rings is 2. The van der Waals surface area contributed by atoms with E-state index in [0.717, 1.165) is 17.0 Å². The van der Waals surface area contributed by atoms with Crippen molar-refractivity contribution in [2.75, 3.05) is 0 Å². The maximum absolute atomic E-state index is 5.68. The van der Waals surface area contributed by atoms with Gasteiger partial charge in [-0.1, -0.05) is 54.6 Å². The zero-order chi connectivity index (χ0) is 13.1. The van der Waals surface area contributed by atoms with Crippen molar-refractivity contribution in [3.05, 3.63) is 66.6 Å². The average molecular weight is 249 g/mol. The lowest BCUT2D eigenvalue weighted by Crippen LogP contribution is -1.98. The van der Waals surface area contributed by atoms with Crippen LogP contribution in [-0.2, 0) is 6.54 Å². The van der Waals surface area contributed by atoms with E-state index in [-0.39, 0.29) is 0 Å². The molecule has 0 unspecified atom stereocenters. The first kappa shape index (κ1) is 11.7. The lowest BCUT2D eigenvalue weighted by molar-refractivity contribution is 1.01. The van der Waals surface area contributed by atoms with Crippen LogP contribution in [0, 0.1) is 0 Å². The fourth-order valence-electron chi connectivity index (χ4n) is 2.18. The van der Waals surface area contributed by atoms with Gasteiger partial charge in [0, 0.05) is 12.1 Å². The molecule has 3 heteroatoms. The van der Waals surface area contributed by atoms with Gasteiger partial charge in [0.1, 0.15) is 0 Å². The Hall–Kier alpha value is -2.39. The molecule has 0 aliphatic rings. The highest BCUT2D eigenvalue weighted by atomic mass is 14.9. The van der Waals surface area contributed by atoms with Crippen molar-refractivity contribution in [3.63, 3.8) is 0 Å². The van der Waals surface area contributed by atoms with Gasteiger partial charge in [0.25, 0.3) is 0 Å². The maximum atomic E-state index is 5.68. The Bertz CT molecular complexity index is 654. The van der Waals surface area contributed by atoms with Crippen LogP contribution in [0.3, 0.4) is 0 Å². The average Bonchev–Trinajstić information content (AvgIpc) is 2.97. The Kier molecular flexibility index (Phi) is 3.12. The highest BCUT2D eigenvalue weighted by molar-refractivity contribution is 5.69. The molecule has 0 radical (unpaired) electrons. The van der Waals surface area contributed by atoms with Gasteiger partial charge in [-0.3, -0.25) is 0 Å². The highest BCUT2D eigenvalue weighted by Gasteiger charge is 2.06. The third kappa shape index (κ3) is 2.28. The molecule has 0 fully saturated rings. The molecule has 0 spiro atoms. The zero-order valence-corrected chi connectivity index (χ0v) is 10.5. The van der Waals surface area contributed by atoms with E-state index in [1.807, 2.05) is 18.2 Å². The molecular formula is C16H15N3. The first-order valence-electron chi connectivity index (χ1n) is 6.26. The summed E-state index contributed by atoms with van der Waals surface area (Å²) in [4.78, 5) is 7.39. The van der Waals surface area contributed by atoms with Crippen LogP contribution in [0.2, 0.25) is 0 Å². The maximum Gasteiger partial charge on any atom is 0.0929 e. The number of aromatic nitrogens is 2. The predicted octanol–water partition coefficient (Wildman–Crippen LogP) is 3.20. The van der Waals surface area contributed by atoms with Crippen molar-refractivity contribution in [2.24, 2.45) is 5.73 Å². The van der Waals surface area contributed by atoms with Gasteiger partial charge in [-0.25, -0.2) is 4.98 Å². The van der Waals surface area contributed by atoms with E-state index >= 15 is 0 Å². The summed E-state index contributed by atoms with van der Waals surface area (Å²) in [6.45, 7) is 0.468. The Morgan fingerprint density at radius 3 is 2.16 bits per heavy atom. The number of nitrogens with two attached hydrogens (primary N) is 1.